The van der Waals surface area contributed by atoms with E-state index >= 15 is 0 Å². The Kier molecular flexibility index (Phi) is 9.68. The fourth-order valence-electron chi connectivity index (χ4n) is 4.85. The highest BCUT2D eigenvalue weighted by atomic mass is 127. The zero-order valence-electron chi connectivity index (χ0n) is 18.6. The molecule has 1 unspecified atom stereocenters. The number of rotatable bonds is 6. The number of amides is 1. The van der Waals surface area contributed by atoms with Crippen molar-refractivity contribution in [2.24, 2.45) is 10.9 Å². The SMILES string of the molecule is CN=C(NCCc1csc(N2CCCC2)n1)NC1CCN(C(=O)C2CCCCC2)C1.I. The monoisotopic (exact) mass is 560 g/mol. The van der Waals surface area contributed by atoms with Gasteiger partial charge in [0.25, 0.3) is 0 Å². The maximum atomic E-state index is 12.8. The third kappa shape index (κ3) is 6.69. The first-order valence-corrected chi connectivity index (χ1v) is 12.6. The van der Waals surface area contributed by atoms with Crippen LogP contribution in [0.1, 0.15) is 57.1 Å². The number of aliphatic imine (C=N–C) groups is 1. The highest BCUT2D eigenvalue weighted by molar-refractivity contribution is 14.0. The number of aromatic nitrogens is 1. The second kappa shape index (κ2) is 12.2. The predicted octanol–water partition coefficient (Wildman–Crippen LogP) is 3.25. The Bertz CT molecular complexity index is 729. The first-order chi connectivity index (χ1) is 14.7. The van der Waals surface area contributed by atoms with Crippen LogP contribution in [0.3, 0.4) is 0 Å². The molecule has 1 aromatic heterocycles. The lowest BCUT2D eigenvalue weighted by molar-refractivity contribution is -0.135. The molecule has 2 aliphatic heterocycles. The zero-order valence-corrected chi connectivity index (χ0v) is 21.8. The first kappa shape index (κ1) is 24.5. The van der Waals surface area contributed by atoms with Crippen molar-refractivity contribution in [2.75, 3.05) is 44.7 Å². The molecule has 3 heterocycles. The number of thiazole rings is 1. The molecule has 1 amide bonds. The van der Waals surface area contributed by atoms with Crippen LogP contribution in [0.4, 0.5) is 5.13 Å². The lowest BCUT2D eigenvalue weighted by Gasteiger charge is -2.26. The smallest absolute Gasteiger partial charge is 0.225 e. The van der Waals surface area contributed by atoms with E-state index in [-0.39, 0.29) is 35.9 Å². The molecular weight excluding hydrogens is 523 g/mol. The highest BCUT2D eigenvalue weighted by Crippen LogP contribution is 2.27. The van der Waals surface area contributed by atoms with E-state index in [2.05, 4.69) is 30.8 Å². The van der Waals surface area contributed by atoms with Crippen molar-refractivity contribution in [1.29, 1.82) is 0 Å². The molecule has 31 heavy (non-hydrogen) atoms. The molecule has 0 aromatic carbocycles. The fourth-order valence-corrected chi connectivity index (χ4v) is 5.76. The van der Waals surface area contributed by atoms with Crippen LogP contribution in [0.25, 0.3) is 0 Å². The van der Waals surface area contributed by atoms with E-state index in [0.717, 1.165) is 70.1 Å². The van der Waals surface area contributed by atoms with Crippen molar-refractivity contribution in [2.45, 2.75) is 63.8 Å². The second-order valence-corrected chi connectivity index (χ2v) is 9.65. The Morgan fingerprint density at radius 2 is 1.94 bits per heavy atom. The average Bonchev–Trinajstić information content (AvgIpc) is 3.54. The van der Waals surface area contributed by atoms with Gasteiger partial charge in [0.2, 0.25) is 5.91 Å². The van der Waals surface area contributed by atoms with Crippen molar-refractivity contribution >= 4 is 52.3 Å². The summed E-state index contributed by atoms with van der Waals surface area (Å²) >= 11 is 1.76. The molecule has 0 radical (unpaired) electrons. The van der Waals surface area contributed by atoms with E-state index < -0.39 is 0 Å². The van der Waals surface area contributed by atoms with E-state index in [1.54, 1.807) is 11.3 Å². The molecule has 0 bridgehead atoms. The van der Waals surface area contributed by atoms with Gasteiger partial charge in [-0.1, -0.05) is 19.3 Å². The maximum Gasteiger partial charge on any atom is 0.225 e. The lowest BCUT2D eigenvalue weighted by atomic mass is 9.88. The van der Waals surface area contributed by atoms with Gasteiger partial charge in [0, 0.05) is 63.5 Å². The van der Waals surface area contributed by atoms with Gasteiger partial charge < -0.3 is 20.4 Å². The largest absolute Gasteiger partial charge is 0.356 e. The number of hydrogen-bond acceptors (Lipinski definition) is 5. The van der Waals surface area contributed by atoms with Gasteiger partial charge in [-0.05, 0) is 32.1 Å². The molecule has 1 aromatic rings. The molecule has 3 fully saturated rings. The van der Waals surface area contributed by atoms with Crippen LogP contribution < -0.4 is 15.5 Å². The summed E-state index contributed by atoms with van der Waals surface area (Å²) in [6.07, 6.45) is 10.3. The third-order valence-corrected chi connectivity index (χ3v) is 7.56. The fraction of sp³-hybridized carbons (Fsp3) is 0.773. The Labute approximate surface area is 207 Å². The van der Waals surface area contributed by atoms with Crippen LogP contribution in [0.15, 0.2) is 10.4 Å². The normalized spacial score (nSPS) is 22.5. The zero-order chi connectivity index (χ0) is 20.8. The molecule has 1 aliphatic carbocycles. The number of nitrogens with one attached hydrogen (secondary N) is 2. The quantitative estimate of drug-likeness (QED) is 0.318. The Morgan fingerprint density at radius 3 is 2.68 bits per heavy atom. The molecule has 7 nitrogen and oxygen atoms in total. The minimum Gasteiger partial charge on any atom is -0.356 e. The number of carbonyl (C=O) groups excluding carboxylic acids is 1. The van der Waals surface area contributed by atoms with Gasteiger partial charge in [-0.2, -0.15) is 0 Å². The molecule has 1 atom stereocenters. The van der Waals surface area contributed by atoms with Gasteiger partial charge in [0.05, 0.1) is 5.69 Å². The van der Waals surface area contributed by atoms with Crippen molar-refractivity contribution in [1.82, 2.24) is 20.5 Å². The van der Waals surface area contributed by atoms with Crippen LogP contribution in [0.2, 0.25) is 0 Å². The van der Waals surface area contributed by atoms with Gasteiger partial charge in [-0.25, -0.2) is 4.98 Å². The van der Waals surface area contributed by atoms with E-state index in [0.29, 0.717) is 5.91 Å². The van der Waals surface area contributed by atoms with Gasteiger partial charge in [-0.3, -0.25) is 9.79 Å². The molecule has 0 spiro atoms. The summed E-state index contributed by atoms with van der Waals surface area (Å²) in [5.41, 5.74) is 1.15. The standard InChI is InChI=1S/C22H36N6OS.HI/c1-23-21(24-11-9-19-16-30-22(26-19)27-12-5-6-13-27)25-18-10-14-28(15-18)20(29)17-7-3-2-4-8-17;/h16-18H,2-15H2,1H3,(H2,23,24,25);1H. The molecule has 2 saturated heterocycles. The number of halogens is 1. The number of anilines is 1. The maximum absolute atomic E-state index is 12.8. The van der Waals surface area contributed by atoms with Crippen molar-refractivity contribution in [3.8, 4) is 0 Å². The number of nitrogens with zero attached hydrogens (tertiary/aromatic N) is 4. The topological polar surface area (TPSA) is 72.9 Å². The summed E-state index contributed by atoms with van der Waals surface area (Å²) in [4.78, 5) is 26.4. The van der Waals surface area contributed by atoms with Gasteiger partial charge >= 0.3 is 0 Å². The number of guanidine groups is 1. The molecule has 2 N–H and O–H groups in total. The van der Waals surface area contributed by atoms with Crippen LogP contribution >= 0.6 is 35.3 Å². The van der Waals surface area contributed by atoms with Gasteiger partial charge in [-0.15, -0.1) is 35.3 Å². The second-order valence-electron chi connectivity index (χ2n) is 8.81. The Balaban J connectivity index is 0.00000272. The highest BCUT2D eigenvalue weighted by Gasteiger charge is 2.31. The molecule has 9 heteroatoms. The van der Waals surface area contributed by atoms with Gasteiger partial charge in [0.1, 0.15) is 0 Å². The number of likely N-dealkylation sites (tertiary alicyclic amines) is 1. The molecule has 3 aliphatic rings. The van der Waals surface area contributed by atoms with Crippen molar-refractivity contribution in [3.05, 3.63) is 11.1 Å². The molecule has 174 valence electrons. The minimum atomic E-state index is 0. The molecule has 1 saturated carbocycles. The van der Waals surface area contributed by atoms with E-state index in [4.69, 9.17) is 4.98 Å². The van der Waals surface area contributed by atoms with Crippen molar-refractivity contribution < 1.29 is 4.79 Å². The molecular formula is C22H37IN6OS. The van der Waals surface area contributed by atoms with E-state index in [1.165, 1.54) is 37.2 Å². The summed E-state index contributed by atoms with van der Waals surface area (Å²) in [5.74, 6) is 1.46. The summed E-state index contributed by atoms with van der Waals surface area (Å²) in [6, 6.07) is 0.282. The summed E-state index contributed by atoms with van der Waals surface area (Å²) in [5, 5.41) is 10.3. The van der Waals surface area contributed by atoms with Crippen LogP contribution in [-0.2, 0) is 11.2 Å². The first-order valence-electron chi connectivity index (χ1n) is 11.7. The summed E-state index contributed by atoms with van der Waals surface area (Å²) in [6.45, 7) is 4.75. The van der Waals surface area contributed by atoms with E-state index in [9.17, 15) is 4.79 Å². The summed E-state index contributed by atoms with van der Waals surface area (Å²) < 4.78 is 0. The Morgan fingerprint density at radius 1 is 1.16 bits per heavy atom. The third-order valence-electron chi connectivity index (χ3n) is 6.61. The minimum absolute atomic E-state index is 0. The van der Waals surface area contributed by atoms with Gasteiger partial charge in [0.15, 0.2) is 11.1 Å². The summed E-state index contributed by atoms with van der Waals surface area (Å²) in [7, 11) is 1.81. The molecule has 4 rings (SSSR count). The van der Waals surface area contributed by atoms with Crippen LogP contribution in [0, 0.1) is 5.92 Å². The van der Waals surface area contributed by atoms with Crippen molar-refractivity contribution in [3.63, 3.8) is 0 Å². The predicted molar refractivity (Wildman–Crippen MR) is 139 cm³/mol. The number of carbonyl (C=O) groups is 1. The van der Waals surface area contributed by atoms with Crippen LogP contribution in [0.5, 0.6) is 0 Å². The Hall–Kier alpha value is -1.10. The lowest BCUT2D eigenvalue weighted by Crippen LogP contribution is -2.46. The van der Waals surface area contributed by atoms with E-state index in [1.807, 2.05) is 7.05 Å². The van der Waals surface area contributed by atoms with Crippen LogP contribution in [-0.4, -0.2) is 67.6 Å². The number of hydrogen-bond donors (Lipinski definition) is 2. The average molecular weight is 561 g/mol.